The fourth-order valence-electron chi connectivity index (χ4n) is 2.42. The standard InChI is InChI=1S/C17H15F2N3O2/c1-10-7-8-12(9-20-10)16(23)24-11(2)15-21-13-5-3-4-6-14(13)22(15)17(18)19/h3-9,11,17H,1-2H3. The van der Waals surface area contributed by atoms with Gasteiger partial charge in [-0.15, -0.1) is 0 Å². The van der Waals surface area contributed by atoms with Gasteiger partial charge in [-0.3, -0.25) is 9.55 Å². The van der Waals surface area contributed by atoms with E-state index in [4.69, 9.17) is 4.74 Å². The molecule has 0 saturated carbocycles. The van der Waals surface area contributed by atoms with E-state index in [2.05, 4.69) is 9.97 Å². The van der Waals surface area contributed by atoms with Gasteiger partial charge in [-0.25, -0.2) is 9.78 Å². The Morgan fingerprint density at radius 2 is 1.96 bits per heavy atom. The van der Waals surface area contributed by atoms with E-state index in [9.17, 15) is 13.6 Å². The van der Waals surface area contributed by atoms with Gasteiger partial charge in [0.2, 0.25) is 0 Å². The molecule has 0 spiro atoms. The van der Waals surface area contributed by atoms with Crippen molar-refractivity contribution in [3.8, 4) is 0 Å². The zero-order chi connectivity index (χ0) is 17.3. The van der Waals surface area contributed by atoms with Gasteiger partial charge in [-0.1, -0.05) is 12.1 Å². The molecule has 7 heteroatoms. The number of fused-ring (bicyclic) bond motifs is 1. The van der Waals surface area contributed by atoms with E-state index in [1.54, 1.807) is 43.3 Å². The Morgan fingerprint density at radius 3 is 2.62 bits per heavy atom. The summed E-state index contributed by atoms with van der Waals surface area (Å²) in [5, 5.41) is 0. The summed E-state index contributed by atoms with van der Waals surface area (Å²) in [6.45, 7) is 0.525. The summed E-state index contributed by atoms with van der Waals surface area (Å²) in [6.07, 6.45) is 0.459. The second-order valence-corrected chi connectivity index (χ2v) is 5.34. The summed E-state index contributed by atoms with van der Waals surface area (Å²) in [5.74, 6) is -0.637. The highest BCUT2D eigenvalue weighted by Crippen LogP contribution is 2.28. The van der Waals surface area contributed by atoms with E-state index >= 15 is 0 Å². The van der Waals surface area contributed by atoms with Gasteiger partial charge in [-0.05, 0) is 38.1 Å². The van der Waals surface area contributed by atoms with E-state index in [0.717, 1.165) is 10.3 Å². The second kappa shape index (κ2) is 6.35. The summed E-state index contributed by atoms with van der Waals surface area (Å²) < 4.78 is 32.9. The van der Waals surface area contributed by atoms with Gasteiger partial charge < -0.3 is 4.74 Å². The van der Waals surface area contributed by atoms with Gasteiger partial charge in [0.05, 0.1) is 16.6 Å². The van der Waals surface area contributed by atoms with Crippen molar-refractivity contribution in [1.82, 2.24) is 14.5 Å². The van der Waals surface area contributed by atoms with E-state index in [1.807, 2.05) is 0 Å². The van der Waals surface area contributed by atoms with E-state index < -0.39 is 18.6 Å². The highest BCUT2D eigenvalue weighted by Gasteiger charge is 2.24. The Labute approximate surface area is 136 Å². The Balaban J connectivity index is 1.91. The number of hydrogen-bond donors (Lipinski definition) is 0. The maximum Gasteiger partial charge on any atom is 0.340 e. The Morgan fingerprint density at radius 1 is 1.21 bits per heavy atom. The number of benzene rings is 1. The number of carbonyl (C=O) groups excluding carboxylic acids is 1. The number of imidazole rings is 1. The van der Waals surface area contributed by atoms with Crippen LogP contribution >= 0.6 is 0 Å². The minimum atomic E-state index is -2.78. The molecule has 0 amide bonds. The lowest BCUT2D eigenvalue weighted by Crippen LogP contribution is -2.14. The molecule has 0 saturated heterocycles. The molecule has 0 N–H and O–H groups in total. The molecule has 3 rings (SSSR count). The first-order valence-corrected chi connectivity index (χ1v) is 7.36. The third-order valence-corrected chi connectivity index (χ3v) is 3.61. The smallest absolute Gasteiger partial charge is 0.340 e. The van der Waals surface area contributed by atoms with Crippen LogP contribution in [0.1, 0.15) is 41.5 Å². The van der Waals surface area contributed by atoms with Crippen LogP contribution in [0.3, 0.4) is 0 Å². The number of hydrogen-bond acceptors (Lipinski definition) is 4. The first-order chi connectivity index (χ1) is 11.5. The van der Waals surface area contributed by atoms with Crippen LogP contribution in [0.4, 0.5) is 8.78 Å². The van der Waals surface area contributed by atoms with Crippen molar-refractivity contribution < 1.29 is 18.3 Å². The van der Waals surface area contributed by atoms with Crippen LogP contribution < -0.4 is 0 Å². The number of carbonyl (C=O) groups is 1. The molecule has 0 aliphatic rings. The van der Waals surface area contributed by atoms with Gasteiger partial charge in [-0.2, -0.15) is 8.78 Å². The predicted octanol–water partition coefficient (Wildman–Crippen LogP) is 4.05. The molecule has 1 unspecified atom stereocenters. The van der Waals surface area contributed by atoms with Crippen molar-refractivity contribution in [3.63, 3.8) is 0 Å². The number of nitrogens with zero attached hydrogens (tertiary/aromatic N) is 3. The number of esters is 1. The van der Waals surface area contributed by atoms with Gasteiger partial charge in [0.1, 0.15) is 0 Å². The summed E-state index contributed by atoms with van der Waals surface area (Å²) in [4.78, 5) is 20.4. The number of aromatic nitrogens is 3. The highest BCUT2D eigenvalue weighted by molar-refractivity contribution is 5.89. The van der Waals surface area contributed by atoms with Crippen LogP contribution in [0.25, 0.3) is 11.0 Å². The van der Waals surface area contributed by atoms with Crippen LogP contribution in [0, 0.1) is 6.92 Å². The molecule has 0 radical (unpaired) electrons. The van der Waals surface area contributed by atoms with E-state index in [1.165, 1.54) is 13.1 Å². The van der Waals surface area contributed by atoms with E-state index in [0.29, 0.717) is 11.0 Å². The molecule has 1 aromatic carbocycles. The summed E-state index contributed by atoms with van der Waals surface area (Å²) in [5.41, 5.74) is 1.74. The van der Waals surface area contributed by atoms with Crippen molar-refractivity contribution in [2.24, 2.45) is 0 Å². The molecular formula is C17H15F2N3O2. The Bertz CT molecular complexity index is 875. The minimum Gasteiger partial charge on any atom is -0.451 e. The van der Waals surface area contributed by atoms with Gasteiger partial charge in [0.25, 0.3) is 0 Å². The zero-order valence-electron chi connectivity index (χ0n) is 13.1. The van der Waals surface area contributed by atoms with E-state index in [-0.39, 0.29) is 11.4 Å². The molecule has 0 aliphatic heterocycles. The minimum absolute atomic E-state index is 0.000351. The number of rotatable bonds is 4. The molecule has 24 heavy (non-hydrogen) atoms. The molecule has 2 aromatic heterocycles. The zero-order valence-corrected chi connectivity index (χ0v) is 13.1. The fourth-order valence-corrected chi connectivity index (χ4v) is 2.42. The monoisotopic (exact) mass is 331 g/mol. The van der Waals surface area contributed by atoms with Crippen molar-refractivity contribution in [2.75, 3.05) is 0 Å². The quantitative estimate of drug-likeness (QED) is 0.677. The molecule has 5 nitrogen and oxygen atoms in total. The lowest BCUT2D eigenvalue weighted by Gasteiger charge is -2.15. The van der Waals surface area contributed by atoms with Gasteiger partial charge in [0, 0.05) is 11.9 Å². The number of aryl methyl sites for hydroxylation is 1. The molecule has 0 aliphatic carbocycles. The van der Waals surface area contributed by atoms with Crippen molar-refractivity contribution in [1.29, 1.82) is 0 Å². The largest absolute Gasteiger partial charge is 0.451 e. The lowest BCUT2D eigenvalue weighted by molar-refractivity contribution is 0.0233. The lowest BCUT2D eigenvalue weighted by atomic mass is 10.2. The Hall–Kier alpha value is -2.83. The SMILES string of the molecule is Cc1ccc(C(=O)OC(C)c2nc3ccccc3n2C(F)F)cn1. The first kappa shape index (κ1) is 16.0. The van der Waals surface area contributed by atoms with Crippen LogP contribution in [0.15, 0.2) is 42.6 Å². The summed E-state index contributed by atoms with van der Waals surface area (Å²) in [6, 6.07) is 9.81. The van der Waals surface area contributed by atoms with Gasteiger partial charge in [0.15, 0.2) is 11.9 Å². The van der Waals surface area contributed by atoms with Crippen molar-refractivity contribution >= 4 is 17.0 Å². The maximum atomic E-state index is 13.4. The van der Waals surface area contributed by atoms with Crippen LogP contribution in [-0.4, -0.2) is 20.5 Å². The first-order valence-electron chi connectivity index (χ1n) is 7.36. The topological polar surface area (TPSA) is 57.0 Å². The molecule has 124 valence electrons. The number of ether oxygens (including phenoxy) is 1. The molecule has 0 fully saturated rings. The predicted molar refractivity (Wildman–Crippen MR) is 83.8 cm³/mol. The van der Waals surface area contributed by atoms with Crippen molar-refractivity contribution in [3.05, 3.63) is 59.7 Å². The summed E-state index contributed by atoms with van der Waals surface area (Å²) in [7, 11) is 0. The number of para-hydroxylation sites is 2. The molecule has 3 aromatic rings. The molecule has 2 heterocycles. The average Bonchev–Trinajstić information content (AvgIpc) is 2.95. The molecule has 0 bridgehead atoms. The van der Waals surface area contributed by atoms with Crippen LogP contribution in [0.2, 0.25) is 0 Å². The highest BCUT2D eigenvalue weighted by atomic mass is 19.3. The summed E-state index contributed by atoms with van der Waals surface area (Å²) >= 11 is 0. The van der Waals surface area contributed by atoms with Gasteiger partial charge >= 0.3 is 12.5 Å². The number of halogens is 2. The second-order valence-electron chi connectivity index (χ2n) is 5.34. The molecule has 1 atom stereocenters. The average molecular weight is 331 g/mol. The van der Waals surface area contributed by atoms with Crippen LogP contribution in [0.5, 0.6) is 0 Å². The fraction of sp³-hybridized carbons (Fsp3) is 0.235. The number of alkyl halides is 2. The molecular weight excluding hydrogens is 316 g/mol. The third-order valence-electron chi connectivity index (χ3n) is 3.61. The third kappa shape index (κ3) is 2.97. The Kier molecular flexibility index (Phi) is 4.24. The van der Waals surface area contributed by atoms with Crippen molar-refractivity contribution in [2.45, 2.75) is 26.5 Å². The maximum absolute atomic E-state index is 13.4. The van der Waals surface area contributed by atoms with Crippen LogP contribution in [-0.2, 0) is 4.74 Å². The number of pyridine rings is 1. The normalized spacial score (nSPS) is 12.5.